The molecule has 0 aromatic heterocycles. The van der Waals surface area contributed by atoms with Crippen LogP contribution in [0.25, 0.3) is 0 Å². The molecule has 0 saturated carbocycles. The summed E-state index contributed by atoms with van der Waals surface area (Å²) in [5, 5.41) is 18.2. The van der Waals surface area contributed by atoms with Crippen LogP contribution in [0, 0.1) is 11.6 Å². The highest BCUT2D eigenvalue weighted by atomic mass is 19.2. The van der Waals surface area contributed by atoms with Crippen LogP contribution in [0.15, 0.2) is 18.2 Å². The lowest BCUT2D eigenvalue weighted by molar-refractivity contribution is 0.0314. The van der Waals surface area contributed by atoms with Crippen molar-refractivity contribution in [3.63, 3.8) is 0 Å². The number of aliphatic hydroxyl groups excluding tert-OH is 2. The molecule has 0 saturated heterocycles. The van der Waals surface area contributed by atoms with Gasteiger partial charge in [0.2, 0.25) is 0 Å². The van der Waals surface area contributed by atoms with Crippen LogP contribution in [0.4, 0.5) is 8.78 Å². The van der Waals surface area contributed by atoms with E-state index in [1.54, 1.807) is 0 Å². The number of benzene rings is 1. The van der Waals surface area contributed by atoms with Gasteiger partial charge in [0, 0.05) is 6.42 Å². The van der Waals surface area contributed by atoms with E-state index in [9.17, 15) is 13.9 Å². The van der Waals surface area contributed by atoms with E-state index in [4.69, 9.17) is 5.11 Å². The van der Waals surface area contributed by atoms with Gasteiger partial charge in [0.15, 0.2) is 11.6 Å². The Kier molecular flexibility index (Phi) is 3.55. The van der Waals surface area contributed by atoms with Gasteiger partial charge in [-0.3, -0.25) is 0 Å². The molecule has 0 radical (unpaired) electrons. The lowest BCUT2D eigenvalue weighted by Crippen LogP contribution is -2.25. The average molecular weight is 202 g/mol. The molecule has 2 nitrogen and oxygen atoms in total. The number of hydrogen-bond acceptors (Lipinski definition) is 2. The van der Waals surface area contributed by atoms with E-state index in [1.807, 2.05) is 0 Å². The first-order valence-electron chi connectivity index (χ1n) is 4.31. The highest BCUT2D eigenvalue weighted by Crippen LogP contribution is 2.14. The Morgan fingerprint density at radius 2 is 1.93 bits per heavy atom. The summed E-state index contributed by atoms with van der Waals surface area (Å²) in [6, 6.07) is 3.75. The Hall–Kier alpha value is -1.00. The lowest BCUT2D eigenvalue weighted by atomic mass is 10.0. The van der Waals surface area contributed by atoms with Gasteiger partial charge in [-0.2, -0.15) is 0 Å². The van der Waals surface area contributed by atoms with E-state index in [0.29, 0.717) is 0 Å². The predicted octanol–water partition coefficient (Wildman–Crippen LogP) is 1.25. The van der Waals surface area contributed by atoms with Crippen molar-refractivity contribution in [3.05, 3.63) is 35.4 Å². The standard InChI is InChI=1S/C10H12F2O2/c1-6(13)9(14)5-7-3-2-4-8(11)10(7)12/h2-4,6,9,13-14H,5H2,1H3. The first-order chi connectivity index (χ1) is 6.52. The van der Waals surface area contributed by atoms with E-state index in [-0.39, 0.29) is 12.0 Å². The van der Waals surface area contributed by atoms with Crippen LogP contribution in [0.1, 0.15) is 12.5 Å². The van der Waals surface area contributed by atoms with Crippen LogP contribution in [-0.2, 0) is 6.42 Å². The van der Waals surface area contributed by atoms with Crippen LogP contribution in [-0.4, -0.2) is 22.4 Å². The van der Waals surface area contributed by atoms with E-state index < -0.39 is 23.8 Å². The molecule has 1 rings (SSSR count). The Morgan fingerprint density at radius 3 is 2.50 bits per heavy atom. The van der Waals surface area contributed by atoms with Crippen molar-refractivity contribution in [1.29, 1.82) is 0 Å². The van der Waals surface area contributed by atoms with Crippen molar-refractivity contribution in [3.8, 4) is 0 Å². The van der Waals surface area contributed by atoms with Gasteiger partial charge in [0.25, 0.3) is 0 Å². The van der Waals surface area contributed by atoms with Gasteiger partial charge < -0.3 is 10.2 Å². The van der Waals surface area contributed by atoms with Crippen LogP contribution in [0.2, 0.25) is 0 Å². The minimum Gasteiger partial charge on any atom is -0.391 e. The Balaban J connectivity index is 2.82. The van der Waals surface area contributed by atoms with E-state index in [0.717, 1.165) is 6.07 Å². The summed E-state index contributed by atoms with van der Waals surface area (Å²) in [6.45, 7) is 1.39. The molecule has 0 aliphatic heterocycles. The fourth-order valence-corrected chi connectivity index (χ4v) is 1.10. The SMILES string of the molecule is CC(O)C(O)Cc1cccc(F)c1F. The summed E-state index contributed by atoms with van der Waals surface area (Å²) < 4.78 is 25.8. The molecular formula is C10H12F2O2. The van der Waals surface area contributed by atoms with Crippen molar-refractivity contribution in [2.45, 2.75) is 25.6 Å². The molecule has 2 N–H and O–H groups in total. The summed E-state index contributed by atoms with van der Waals surface area (Å²) in [5.41, 5.74) is 0.0680. The van der Waals surface area contributed by atoms with Crippen LogP contribution in [0.3, 0.4) is 0 Å². The largest absolute Gasteiger partial charge is 0.391 e. The normalized spacial score (nSPS) is 15.2. The highest BCUT2D eigenvalue weighted by Gasteiger charge is 2.15. The summed E-state index contributed by atoms with van der Waals surface area (Å²) in [4.78, 5) is 0. The zero-order valence-electron chi connectivity index (χ0n) is 7.74. The van der Waals surface area contributed by atoms with Crippen molar-refractivity contribution in [1.82, 2.24) is 0 Å². The maximum Gasteiger partial charge on any atom is 0.162 e. The Morgan fingerprint density at radius 1 is 1.29 bits per heavy atom. The molecule has 0 amide bonds. The van der Waals surface area contributed by atoms with Crippen molar-refractivity contribution >= 4 is 0 Å². The molecule has 0 heterocycles. The minimum absolute atomic E-state index is 0.0680. The maximum absolute atomic E-state index is 13.1. The second-order valence-corrected chi connectivity index (χ2v) is 3.23. The molecule has 14 heavy (non-hydrogen) atoms. The molecule has 0 fully saturated rings. The fourth-order valence-electron chi connectivity index (χ4n) is 1.10. The monoisotopic (exact) mass is 202 g/mol. The lowest BCUT2D eigenvalue weighted by Gasteiger charge is -2.13. The summed E-state index contributed by atoms with van der Waals surface area (Å²) >= 11 is 0. The quantitative estimate of drug-likeness (QED) is 0.774. The molecule has 4 heteroatoms. The average Bonchev–Trinajstić information content (AvgIpc) is 2.12. The Bertz CT molecular complexity index is 313. The van der Waals surface area contributed by atoms with Crippen LogP contribution in [0.5, 0.6) is 0 Å². The van der Waals surface area contributed by atoms with Gasteiger partial charge in [-0.05, 0) is 18.6 Å². The van der Waals surface area contributed by atoms with Crippen molar-refractivity contribution < 1.29 is 19.0 Å². The number of hydrogen-bond donors (Lipinski definition) is 2. The molecule has 0 aliphatic rings. The van der Waals surface area contributed by atoms with E-state index in [2.05, 4.69) is 0 Å². The third-order valence-corrected chi connectivity index (χ3v) is 2.02. The molecule has 1 aromatic rings. The summed E-state index contributed by atoms with van der Waals surface area (Å²) in [7, 11) is 0. The maximum atomic E-state index is 13.1. The molecular weight excluding hydrogens is 190 g/mol. The predicted molar refractivity (Wildman–Crippen MR) is 47.7 cm³/mol. The highest BCUT2D eigenvalue weighted by molar-refractivity contribution is 5.19. The smallest absolute Gasteiger partial charge is 0.162 e. The molecule has 0 aliphatic carbocycles. The Labute approximate surface area is 80.8 Å². The summed E-state index contributed by atoms with van der Waals surface area (Å²) in [5.74, 6) is -1.91. The first kappa shape index (κ1) is 11.1. The van der Waals surface area contributed by atoms with E-state index in [1.165, 1.54) is 19.1 Å². The minimum atomic E-state index is -1.08. The molecule has 78 valence electrons. The second-order valence-electron chi connectivity index (χ2n) is 3.23. The van der Waals surface area contributed by atoms with Gasteiger partial charge >= 0.3 is 0 Å². The molecule has 0 bridgehead atoms. The van der Waals surface area contributed by atoms with Gasteiger partial charge in [0.1, 0.15) is 0 Å². The van der Waals surface area contributed by atoms with Gasteiger partial charge in [-0.15, -0.1) is 0 Å². The zero-order valence-corrected chi connectivity index (χ0v) is 7.74. The van der Waals surface area contributed by atoms with Crippen LogP contribution >= 0.6 is 0 Å². The number of halogens is 2. The molecule has 2 unspecified atom stereocenters. The van der Waals surface area contributed by atoms with Gasteiger partial charge in [-0.25, -0.2) is 8.78 Å². The topological polar surface area (TPSA) is 40.5 Å². The third-order valence-electron chi connectivity index (χ3n) is 2.02. The third kappa shape index (κ3) is 2.49. The molecule has 1 aromatic carbocycles. The van der Waals surface area contributed by atoms with Crippen LogP contribution < -0.4 is 0 Å². The van der Waals surface area contributed by atoms with E-state index >= 15 is 0 Å². The van der Waals surface area contributed by atoms with Crippen molar-refractivity contribution in [2.75, 3.05) is 0 Å². The second kappa shape index (κ2) is 4.48. The first-order valence-corrected chi connectivity index (χ1v) is 4.31. The fraction of sp³-hybridized carbons (Fsp3) is 0.400. The van der Waals surface area contributed by atoms with Gasteiger partial charge in [-0.1, -0.05) is 12.1 Å². The number of aliphatic hydroxyl groups is 2. The summed E-state index contributed by atoms with van der Waals surface area (Å²) in [6.07, 6.45) is -2.13. The number of rotatable bonds is 3. The molecule has 0 spiro atoms. The van der Waals surface area contributed by atoms with Gasteiger partial charge in [0.05, 0.1) is 12.2 Å². The molecule has 2 atom stereocenters. The van der Waals surface area contributed by atoms with Crippen molar-refractivity contribution in [2.24, 2.45) is 0 Å². The zero-order chi connectivity index (χ0) is 10.7.